The molecule has 0 saturated heterocycles. The van der Waals surface area contributed by atoms with Crippen LogP contribution in [0.3, 0.4) is 0 Å². The number of aromatic nitrogens is 1. The molecule has 60 valence electrons. The summed E-state index contributed by atoms with van der Waals surface area (Å²) >= 11 is 0. The van der Waals surface area contributed by atoms with Gasteiger partial charge in [-0.05, 0) is 25.0 Å². The van der Waals surface area contributed by atoms with Crippen molar-refractivity contribution in [2.75, 3.05) is 0 Å². The van der Waals surface area contributed by atoms with Gasteiger partial charge >= 0.3 is 0 Å². The Bertz CT molecular complexity index is 233. The Balaban J connectivity index is 3.02. The van der Waals surface area contributed by atoms with Crippen LogP contribution in [0.5, 0.6) is 0 Å². The molecule has 0 amide bonds. The number of hydrogen-bond acceptors (Lipinski definition) is 2. The van der Waals surface area contributed by atoms with E-state index in [9.17, 15) is 5.11 Å². The molecule has 1 aromatic rings. The Kier molecular flexibility index (Phi) is 2.60. The zero-order valence-corrected chi connectivity index (χ0v) is 6.91. The van der Waals surface area contributed by atoms with Gasteiger partial charge in [0.05, 0.1) is 11.8 Å². The molecule has 1 aromatic heterocycles. The molecular weight excluding hydrogens is 138 g/mol. The van der Waals surface area contributed by atoms with Crippen molar-refractivity contribution < 1.29 is 5.11 Å². The molecule has 0 radical (unpaired) electrons. The van der Waals surface area contributed by atoms with Crippen LogP contribution in [0.15, 0.2) is 18.3 Å². The average Bonchev–Trinajstić information content (AvgIpc) is 2.04. The summed E-state index contributed by atoms with van der Waals surface area (Å²) in [4.78, 5) is 4.10. The largest absolute Gasteiger partial charge is 0.387 e. The topological polar surface area (TPSA) is 33.1 Å². The molecule has 0 fully saturated rings. The first-order valence-corrected chi connectivity index (χ1v) is 3.87. The third-order valence-electron chi connectivity index (χ3n) is 1.70. The molecule has 0 bridgehead atoms. The van der Waals surface area contributed by atoms with Crippen molar-refractivity contribution in [3.05, 3.63) is 29.6 Å². The van der Waals surface area contributed by atoms with Crippen molar-refractivity contribution in [1.29, 1.82) is 0 Å². The molecule has 1 heterocycles. The van der Waals surface area contributed by atoms with Crippen LogP contribution in [-0.2, 0) is 6.42 Å². The first kappa shape index (κ1) is 8.21. The predicted octanol–water partition coefficient (Wildman–Crippen LogP) is 1.70. The standard InChI is InChI=1S/C9H13NO/c1-3-8-5-4-6-10-9(8)7(2)11/h4-7,11H,3H2,1-2H3/t7-/m0/s1. The van der Waals surface area contributed by atoms with Gasteiger partial charge in [0.2, 0.25) is 0 Å². The van der Waals surface area contributed by atoms with Crippen molar-refractivity contribution in [2.45, 2.75) is 26.4 Å². The summed E-state index contributed by atoms with van der Waals surface area (Å²) < 4.78 is 0. The fourth-order valence-electron chi connectivity index (χ4n) is 1.13. The minimum Gasteiger partial charge on any atom is -0.387 e. The molecule has 1 atom stereocenters. The van der Waals surface area contributed by atoms with Gasteiger partial charge in [0, 0.05) is 6.20 Å². The molecule has 0 aliphatic carbocycles. The monoisotopic (exact) mass is 151 g/mol. The van der Waals surface area contributed by atoms with Gasteiger partial charge in [-0.1, -0.05) is 13.0 Å². The van der Waals surface area contributed by atoms with Gasteiger partial charge in [0.15, 0.2) is 0 Å². The van der Waals surface area contributed by atoms with E-state index in [-0.39, 0.29) is 0 Å². The second kappa shape index (κ2) is 3.49. The van der Waals surface area contributed by atoms with Gasteiger partial charge in [-0.25, -0.2) is 0 Å². The van der Waals surface area contributed by atoms with Gasteiger partial charge in [-0.15, -0.1) is 0 Å². The quantitative estimate of drug-likeness (QED) is 0.697. The summed E-state index contributed by atoms with van der Waals surface area (Å²) in [6.45, 7) is 3.80. The Morgan fingerprint density at radius 3 is 2.82 bits per heavy atom. The first-order chi connectivity index (χ1) is 5.25. The van der Waals surface area contributed by atoms with Crippen molar-refractivity contribution in [3.8, 4) is 0 Å². The lowest BCUT2D eigenvalue weighted by atomic mass is 10.1. The van der Waals surface area contributed by atoms with Crippen molar-refractivity contribution in [3.63, 3.8) is 0 Å². The maximum absolute atomic E-state index is 9.27. The van der Waals surface area contributed by atoms with E-state index in [0.29, 0.717) is 0 Å². The number of pyridine rings is 1. The number of aliphatic hydroxyl groups is 1. The summed E-state index contributed by atoms with van der Waals surface area (Å²) in [7, 11) is 0. The lowest BCUT2D eigenvalue weighted by molar-refractivity contribution is 0.193. The molecular formula is C9H13NO. The highest BCUT2D eigenvalue weighted by Crippen LogP contribution is 2.14. The summed E-state index contributed by atoms with van der Waals surface area (Å²) in [6.07, 6.45) is 2.18. The second-order valence-electron chi connectivity index (χ2n) is 2.58. The highest BCUT2D eigenvalue weighted by molar-refractivity contribution is 5.20. The Hall–Kier alpha value is -0.890. The normalized spacial score (nSPS) is 13.0. The number of rotatable bonds is 2. The van der Waals surface area contributed by atoms with Crippen LogP contribution in [0.25, 0.3) is 0 Å². The summed E-state index contributed by atoms with van der Waals surface area (Å²) in [5.74, 6) is 0. The maximum atomic E-state index is 9.27. The fourth-order valence-corrected chi connectivity index (χ4v) is 1.13. The molecule has 0 aromatic carbocycles. The van der Waals surface area contributed by atoms with E-state index in [1.165, 1.54) is 0 Å². The third kappa shape index (κ3) is 1.77. The van der Waals surface area contributed by atoms with Gasteiger partial charge in [-0.2, -0.15) is 0 Å². The van der Waals surface area contributed by atoms with Crippen molar-refractivity contribution >= 4 is 0 Å². The van der Waals surface area contributed by atoms with Crippen LogP contribution in [-0.4, -0.2) is 10.1 Å². The number of aryl methyl sites for hydroxylation is 1. The van der Waals surface area contributed by atoms with E-state index in [4.69, 9.17) is 0 Å². The number of aliphatic hydroxyl groups excluding tert-OH is 1. The van der Waals surface area contributed by atoms with Crippen LogP contribution < -0.4 is 0 Å². The van der Waals surface area contributed by atoms with E-state index in [1.54, 1.807) is 13.1 Å². The minimum atomic E-state index is -0.453. The van der Waals surface area contributed by atoms with Crippen LogP contribution in [0.4, 0.5) is 0 Å². The van der Waals surface area contributed by atoms with Crippen LogP contribution >= 0.6 is 0 Å². The maximum Gasteiger partial charge on any atom is 0.0934 e. The Labute approximate surface area is 66.9 Å². The average molecular weight is 151 g/mol. The zero-order valence-electron chi connectivity index (χ0n) is 6.91. The Morgan fingerprint density at radius 1 is 1.64 bits per heavy atom. The van der Waals surface area contributed by atoms with Crippen molar-refractivity contribution in [2.24, 2.45) is 0 Å². The van der Waals surface area contributed by atoms with Crippen LogP contribution in [0, 0.1) is 0 Å². The van der Waals surface area contributed by atoms with Crippen LogP contribution in [0.1, 0.15) is 31.2 Å². The van der Waals surface area contributed by atoms with Crippen molar-refractivity contribution in [1.82, 2.24) is 4.98 Å². The molecule has 2 nitrogen and oxygen atoms in total. The van der Waals surface area contributed by atoms with E-state index in [2.05, 4.69) is 11.9 Å². The van der Waals surface area contributed by atoms with Gasteiger partial charge in [0.1, 0.15) is 0 Å². The highest BCUT2D eigenvalue weighted by Gasteiger charge is 2.05. The lowest BCUT2D eigenvalue weighted by Gasteiger charge is -2.07. The number of nitrogens with zero attached hydrogens (tertiary/aromatic N) is 1. The van der Waals surface area contributed by atoms with Gasteiger partial charge in [-0.3, -0.25) is 4.98 Å². The molecule has 1 rings (SSSR count). The van der Waals surface area contributed by atoms with E-state index in [1.807, 2.05) is 12.1 Å². The summed E-state index contributed by atoms with van der Waals surface area (Å²) in [5.41, 5.74) is 1.93. The molecule has 0 saturated carbocycles. The molecule has 0 unspecified atom stereocenters. The SMILES string of the molecule is CCc1cccnc1[C@H](C)O. The summed E-state index contributed by atoms with van der Waals surface area (Å²) in [5, 5.41) is 9.27. The smallest absolute Gasteiger partial charge is 0.0934 e. The molecule has 0 spiro atoms. The molecule has 11 heavy (non-hydrogen) atoms. The van der Waals surface area contributed by atoms with Crippen LogP contribution in [0.2, 0.25) is 0 Å². The van der Waals surface area contributed by atoms with Gasteiger partial charge < -0.3 is 5.11 Å². The molecule has 1 N–H and O–H groups in total. The number of hydrogen-bond donors (Lipinski definition) is 1. The van der Waals surface area contributed by atoms with E-state index >= 15 is 0 Å². The zero-order chi connectivity index (χ0) is 8.27. The van der Waals surface area contributed by atoms with E-state index in [0.717, 1.165) is 17.7 Å². The lowest BCUT2D eigenvalue weighted by Crippen LogP contribution is -1.99. The second-order valence-corrected chi connectivity index (χ2v) is 2.58. The molecule has 0 aliphatic rings. The molecule has 2 heteroatoms. The highest BCUT2D eigenvalue weighted by atomic mass is 16.3. The predicted molar refractivity (Wildman–Crippen MR) is 44.2 cm³/mol. The van der Waals surface area contributed by atoms with E-state index < -0.39 is 6.10 Å². The minimum absolute atomic E-state index is 0.453. The van der Waals surface area contributed by atoms with Gasteiger partial charge in [0.25, 0.3) is 0 Å². The molecule has 0 aliphatic heterocycles. The third-order valence-corrected chi connectivity index (χ3v) is 1.70. The fraction of sp³-hybridized carbons (Fsp3) is 0.444. The first-order valence-electron chi connectivity index (χ1n) is 3.87. The Morgan fingerprint density at radius 2 is 2.36 bits per heavy atom. The summed E-state index contributed by atoms with van der Waals surface area (Å²) in [6, 6.07) is 3.89.